The van der Waals surface area contributed by atoms with Crippen LogP contribution in [-0.2, 0) is 0 Å². The van der Waals surface area contributed by atoms with Gasteiger partial charge in [0.05, 0.1) is 12.1 Å². The molecule has 1 fully saturated rings. The average Bonchev–Trinajstić information content (AvgIpc) is 2.57. The van der Waals surface area contributed by atoms with Crippen LogP contribution in [0.3, 0.4) is 0 Å². The molecule has 0 aromatic carbocycles. The van der Waals surface area contributed by atoms with Gasteiger partial charge < -0.3 is 10.4 Å². The zero-order valence-electron chi connectivity index (χ0n) is 8.08. The van der Waals surface area contributed by atoms with Crippen LogP contribution in [0.2, 0.25) is 0 Å². The van der Waals surface area contributed by atoms with Crippen molar-refractivity contribution >= 4 is 21.7 Å². The molecule has 1 saturated carbocycles. The molecule has 2 atom stereocenters. The van der Waals surface area contributed by atoms with E-state index in [0.29, 0.717) is 4.47 Å². The summed E-state index contributed by atoms with van der Waals surface area (Å²) in [6.07, 6.45) is 3.74. The molecule has 2 unspecified atom stereocenters. The Morgan fingerprint density at radius 3 is 2.93 bits per heavy atom. The van der Waals surface area contributed by atoms with Crippen molar-refractivity contribution in [1.29, 1.82) is 0 Å². The number of anilines is 1. The van der Waals surface area contributed by atoms with E-state index in [4.69, 9.17) is 0 Å². The normalized spacial score (nSPS) is 25.5. The van der Waals surface area contributed by atoms with E-state index in [9.17, 15) is 9.50 Å². The molecule has 1 heterocycles. The highest BCUT2D eigenvalue weighted by molar-refractivity contribution is 9.10. The Balaban J connectivity index is 2.10. The molecule has 0 radical (unpaired) electrons. The van der Waals surface area contributed by atoms with Crippen molar-refractivity contribution in [3.63, 3.8) is 0 Å². The lowest BCUT2D eigenvalue weighted by Crippen LogP contribution is -2.28. The summed E-state index contributed by atoms with van der Waals surface area (Å²) in [4.78, 5) is 3.93. The molecule has 15 heavy (non-hydrogen) atoms. The molecule has 2 rings (SSSR count). The first-order valence-electron chi connectivity index (χ1n) is 4.92. The molecule has 1 aromatic rings. The van der Waals surface area contributed by atoms with Crippen LogP contribution in [-0.4, -0.2) is 22.2 Å². The minimum Gasteiger partial charge on any atom is -0.391 e. The van der Waals surface area contributed by atoms with Gasteiger partial charge in [0, 0.05) is 10.7 Å². The van der Waals surface area contributed by atoms with Crippen molar-refractivity contribution in [2.75, 3.05) is 5.32 Å². The van der Waals surface area contributed by atoms with Crippen LogP contribution in [0.5, 0.6) is 0 Å². The molecule has 1 aliphatic rings. The highest BCUT2D eigenvalue weighted by atomic mass is 79.9. The summed E-state index contributed by atoms with van der Waals surface area (Å²) < 4.78 is 14.0. The molecule has 0 bridgehead atoms. The third kappa shape index (κ3) is 2.46. The Hall–Kier alpha value is -0.680. The maximum atomic E-state index is 13.4. The number of hydrogen-bond donors (Lipinski definition) is 2. The third-order valence-corrected chi connectivity index (χ3v) is 3.04. The second kappa shape index (κ2) is 4.45. The van der Waals surface area contributed by atoms with E-state index < -0.39 is 11.9 Å². The lowest BCUT2D eigenvalue weighted by molar-refractivity contribution is 0.171. The van der Waals surface area contributed by atoms with Gasteiger partial charge in [0.15, 0.2) is 11.6 Å². The second-order valence-corrected chi connectivity index (χ2v) is 4.65. The smallest absolute Gasteiger partial charge is 0.166 e. The molecule has 0 spiro atoms. The molecular weight excluding hydrogens is 263 g/mol. The summed E-state index contributed by atoms with van der Waals surface area (Å²) >= 11 is 3.14. The summed E-state index contributed by atoms with van der Waals surface area (Å²) in [7, 11) is 0. The van der Waals surface area contributed by atoms with Gasteiger partial charge in [-0.1, -0.05) is 0 Å². The van der Waals surface area contributed by atoms with Crippen molar-refractivity contribution < 1.29 is 9.50 Å². The fourth-order valence-electron chi connectivity index (χ4n) is 1.81. The summed E-state index contributed by atoms with van der Waals surface area (Å²) in [6, 6.07) is 1.28. The van der Waals surface area contributed by atoms with Gasteiger partial charge in [0.1, 0.15) is 0 Å². The van der Waals surface area contributed by atoms with E-state index in [1.54, 1.807) is 0 Å². The van der Waals surface area contributed by atoms with Crippen LogP contribution in [0.25, 0.3) is 0 Å². The summed E-state index contributed by atoms with van der Waals surface area (Å²) in [6.45, 7) is 0. The molecule has 2 N–H and O–H groups in total. The van der Waals surface area contributed by atoms with E-state index in [0.717, 1.165) is 19.3 Å². The van der Waals surface area contributed by atoms with Gasteiger partial charge in [-0.15, -0.1) is 0 Å². The molecule has 0 aliphatic heterocycles. The summed E-state index contributed by atoms with van der Waals surface area (Å²) in [5.74, 6) is -0.187. The Bertz CT molecular complexity index is 361. The van der Waals surface area contributed by atoms with Gasteiger partial charge >= 0.3 is 0 Å². The van der Waals surface area contributed by atoms with Gasteiger partial charge in [-0.25, -0.2) is 9.37 Å². The van der Waals surface area contributed by atoms with Crippen molar-refractivity contribution in [1.82, 2.24) is 4.98 Å². The SMILES string of the molecule is OC1CCCC1Nc1ncc(Br)cc1F. The van der Waals surface area contributed by atoms with Crippen molar-refractivity contribution in [2.24, 2.45) is 0 Å². The predicted molar refractivity (Wildman–Crippen MR) is 59.2 cm³/mol. The van der Waals surface area contributed by atoms with E-state index in [-0.39, 0.29) is 11.9 Å². The molecule has 1 aromatic heterocycles. The molecular formula is C10H12BrFN2O. The fourth-order valence-corrected chi connectivity index (χ4v) is 2.11. The van der Waals surface area contributed by atoms with Gasteiger partial charge in [-0.05, 0) is 41.3 Å². The third-order valence-electron chi connectivity index (χ3n) is 2.61. The number of halogens is 2. The number of pyridine rings is 1. The second-order valence-electron chi connectivity index (χ2n) is 3.73. The Labute approximate surface area is 95.8 Å². The maximum Gasteiger partial charge on any atom is 0.166 e. The first kappa shape index (κ1) is 10.8. The van der Waals surface area contributed by atoms with Gasteiger partial charge in [-0.2, -0.15) is 0 Å². The molecule has 5 heteroatoms. The lowest BCUT2D eigenvalue weighted by atomic mass is 10.2. The van der Waals surface area contributed by atoms with Crippen LogP contribution in [0.4, 0.5) is 10.2 Å². The zero-order valence-corrected chi connectivity index (χ0v) is 9.67. The molecule has 1 aliphatic carbocycles. The first-order valence-corrected chi connectivity index (χ1v) is 5.72. The van der Waals surface area contributed by atoms with Gasteiger partial charge in [-0.3, -0.25) is 0 Å². The highest BCUT2D eigenvalue weighted by Gasteiger charge is 2.25. The fraction of sp³-hybridized carbons (Fsp3) is 0.500. The minimum absolute atomic E-state index is 0.0758. The van der Waals surface area contributed by atoms with Crippen LogP contribution < -0.4 is 5.32 Å². The quantitative estimate of drug-likeness (QED) is 0.870. The largest absolute Gasteiger partial charge is 0.391 e. The molecule has 0 amide bonds. The number of nitrogens with zero attached hydrogens (tertiary/aromatic N) is 1. The minimum atomic E-state index is -0.400. The van der Waals surface area contributed by atoms with Crippen LogP contribution in [0, 0.1) is 5.82 Å². The number of aromatic nitrogens is 1. The van der Waals surface area contributed by atoms with Crippen molar-refractivity contribution in [3.05, 3.63) is 22.6 Å². The number of aliphatic hydroxyl groups excluding tert-OH is 1. The lowest BCUT2D eigenvalue weighted by Gasteiger charge is -2.17. The topological polar surface area (TPSA) is 45.1 Å². The van der Waals surface area contributed by atoms with E-state index in [1.165, 1.54) is 12.3 Å². The summed E-state index contributed by atoms with van der Waals surface area (Å²) in [5, 5.41) is 12.5. The maximum absolute atomic E-state index is 13.4. The number of hydrogen-bond acceptors (Lipinski definition) is 3. The monoisotopic (exact) mass is 274 g/mol. The average molecular weight is 275 g/mol. The van der Waals surface area contributed by atoms with Gasteiger partial charge in [0.2, 0.25) is 0 Å². The van der Waals surface area contributed by atoms with Crippen LogP contribution in [0.1, 0.15) is 19.3 Å². The van der Waals surface area contributed by atoms with E-state index in [2.05, 4.69) is 26.2 Å². The Morgan fingerprint density at radius 1 is 1.53 bits per heavy atom. The number of rotatable bonds is 2. The number of nitrogens with one attached hydrogen (secondary N) is 1. The predicted octanol–water partition coefficient (Wildman–Crippen LogP) is 2.31. The molecule has 0 saturated heterocycles. The van der Waals surface area contributed by atoms with Gasteiger partial charge in [0.25, 0.3) is 0 Å². The molecule has 3 nitrogen and oxygen atoms in total. The zero-order chi connectivity index (χ0) is 10.8. The number of aliphatic hydroxyl groups is 1. The molecule has 82 valence electrons. The highest BCUT2D eigenvalue weighted by Crippen LogP contribution is 2.24. The standard InChI is InChI=1S/C10H12BrFN2O/c11-6-4-7(12)10(13-5-6)14-8-2-1-3-9(8)15/h4-5,8-9,15H,1-3H2,(H,13,14). The van der Waals surface area contributed by atoms with Crippen LogP contribution >= 0.6 is 15.9 Å². The Kier molecular flexibility index (Phi) is 3.21. The first-order chi connectivity index (χ1) is 7.16. The Morgan fingerprint density at radius 2 is 2.33 bits per heavy atom. The van der Waals surface area contributed by atoms with Crippen molar-refractivity contribution in [2.45, 2.75) is 31.4 Å². The van der Waals surface area contributed by atoms with E-state index in [1.807, 2.05) is 0 Å². The van der Waals surface area contributed by atoms with Crippen LogP contribution in [0.15, 0.2) is 16.7 Å². The summed E-state index contributed by atoms with van der Waals surface area (Å²) in [5.41, 5.74) is 0. The van der Waals surface area contributed by atoms with E-state index >= 15 is 0 Å². The van der Waals surface area contributed by atoms with Crippen molar-refractivity contribution in [3.8, 4) is 0 Å².